The molecule has 2 amide bonds. The molecule has 9 heteroatoms. The van der Waals surface area contributed by atoms with E-state index in [4.69, 9.17) is 39.2 Å². The molecule has 176 valence electrons. The molecule has 0 atom stereocenters. The number of hydrogen-bond acceptors (Lipinski definition) is 4. The zero-order valence-electron chi connectivity index (χ0n) is 18.4. The number of nitrogens with one attached hydrogen (secondary N) is 1. The summed E-state index contributed by atoms with van der Waals surface area (Å²) in [5, 5.41) is 4.36. The van der Waals surface area contributed by atoms with Crippen molar-refractivity contribution in [1.29, 1.82) is 0 Å². The molecule has 0 aliphatic carbocycles. The number of piperazine rings is 1. The summed E-state index contributed by atoms with van der Waals surface area (Å²) in [6.07, 6.45) is 2.96. The van der Waals surface area contributed by atoms with Gasteiger partial charge in [0.25, 0.3) is 0 Å². The summed E-state index contributed by atoms with van der Waals surface area (Å²) < 4.78 is 5.77. The first-order valence-electron chi connectivity index (χ1n) is 10.6. The van der Waals surface area contributed by atoms with Gasteiger partial charge in [-0.3, -0.25) is 9.59 Å². The van der Waals surface area contributed by atoms with Crippen molar-refractivity contribution in [2.45, 2.75) is 6.92 Å². The van der Waals surface area contributed by atoms with Crippen LogP contribution in [-0.4, -0.2) is 42.9 Å². The maximum atomic E-state index is 12.4. The summed E-state index contributed by atoms with van der Waals surface area (Å²) >= 11 is 18.6. The van der Waals surface area contributed by atoms with Crippen molar-refractivity contribution < 1.29 is 14.0 Å². The van der Waals surface area contributed by atoms with Gasteiger partial charge >= 0.3 is 0 Å². The third-order valence-corrected chi connectivity index (χ3v) is 6.35. The van der Waals surface area contributed by atoms with Gasteiger partial charge in [0.15, 0.2) is 0 Å². The zero-order valence-corrected chi connectivity index (χ0v) is 20.6. The van der Waals surface area contributed by atoms with Crippen molar-refractivity contribution in [3.8, 4) is 11.3 Å². The van der Waals surface area contributed by atoms with Crippen LogP contribution in [0.3, 0.4) is 0 Å². The summed E-state index contributed by atoms with van der Waals surface area (Å²) in [5.74, 6) is 0.847. The summed E-state index contributed by atoms with van der Waals surface area (Å²) in [6.45, 7) is 4.32. The van der Waals surface area contributed by atoms with E-state index in [9.17, 15) is 9.59 Å². The molecule has 1 aromatic heterocycles. The van der Waals surface area contributed by atoms with Crippen LogP contribution in [0.5, 0.6) is 0 Å². The van der Waals surface area contributed by atoms with E-state index in [-0.39, 0.29) is 11.8 Å². The van der Waals surface area contributed by atoms with Crippen LogP contribution in [0.1, 0.15) is 12.7 Å². The Morgan fingerprint density at radius 3 is 2.38 bits per heavy atom. The van der Waals surface area contributed by atoms with Crippen molar-refractivity contribution >= 4 is 64.1 Å². The minimum absolute atomic E-state index is 0.0800. The SMILES string of the molecule is CC(=O)N1CCN(c2ccc(NC(=O)/C=C/c3ccc(-c4ccc(Cl)cc4Cl)o3)cc2Cl)CC1. The van der Waals surface area contributed by atoms with E-state index < -0.39 is 0 Å². The van der Waals surface area contributed by atoms with Crippen LogP contribution in [0.2, 0.25) is 15.1 Å². The third kappa shape index (κ3) is 5.76. The Kier molecular flexibility index (Phi) is 7.51. The Bertz CT molecular complexity index is 1250. The molecule has 0 spiro atoms. The van der Waals surface area contributed by atoms with Gasteiger partial charge < -0.3 is 19.5 Å². The topological polar surface area (TPSA) is 65.8 Å². The highest BCUT2D eigenvalue weighted by Gasteiger charge is 2.20. The fourth-order valence-electron chi connectivity index (χ4n) is 3.72. The monoisotopic (exact) mass is 517 g/mol. The highest BCUT2D eigenvalue weighted by atomic mass is 35.5. The van der Waals surface area contributed by atoms with E-state index >= 15 is 0 Å². The number of nitrogens with zero attached hydrogens (tertiary/aromatic N) is 2. The van der Waals surface area contributed by atoms with Crippen molar-refractivity contribution in [2.75, 3.05) is 36.4 Å². The molecule has 1 aliphatic heterocycles. The normalized spacial score (nSPS) is 14.0. The van der Waals surface area contributed by atoms with E-state index in [0.29, 0.717) is 64.0 Å². The first-order chi connectivity index (χ1) is 16.3. The van der Waals surface area contributed by atoms with Crippen LogP contribution in [0.15, 0.2) is 59.0 Å². The van der Waals surface area contributed by atoms with Gasteiger partial charge in [-0.1, -0.05) is 34.8 Å². The average Bonchev–Trinajstić information content (AvgIpc) is 3.26. The minimum atomic E-state index is -0.318. The van der Waals surface area contributed by atoms with Crippen LogP contribution in [0, 0.1) is 0 Å². The van der Waals surface area contributed by atoms with Gasteiger partial charge in [-0.05, 0) is 54.6 Å². The van der Waals surface area contributed by atoms with Crippen molar-refractivity contribution in [2.24, 2.45) is 0 Å². The first-order valence-corrected chi connectivity index (χ1v) is 11.8. The number of hydrogen-bond donors (Lipinski definition) is 1. The summed E-state index contributed by atoms with van der Waals surface area (Å²) in [6, 6.07) is 14.1. The van der Waals surface area contributed by atoms with E-state index in [1.165, 1.54) is 6.08 Å². The Hall–Kier alpha value is -2.93. The highest BCUT2D eigenvalue weighted by Crippen LogP contribution is 2.32. The molecule has 4 rings (SSSR count). The molecule has 1 aliphatic rings. The Morgan fingerprint density at radius 2 is 1.71 bits per heavy atom. The highest BCUT2D eigenvalue weighted by molar-refractivity contribution is 6.36. The molecule has 0 unspecified atom stereocenters. The molecular weight excluding hydrogens is 497 g/mol. The van der Waals surface area contributed by atoms with E-state index in [0.717, 1.165) is 5.69 Å². The lowest BCUT2D eigenvalue weighted by atomic mass is 10.2. The number of halogens is 3. The predicted octanol–water partition coefficient (Wildman–Crippen LogP) is 6.23. The fourth-order valence-corrected chi connectivity index (χ4v) is 4.52. The smallest absolute Gasteiger partial charge is 0.248 e. The molecular formula is C25H22Cl3N3O3. The molecule has 2 heterocycles. The molecule has 0 saturated carbocycles. The van der Waals surface area contributed by atoms with Gasteiger partial charge in [-0.25, -0.2) is 0 Å². The quantitative estimate of drug-likeness (QED) is 0.407. The number of carbonyl (C=O) groups is 2. The Labute approximate surface area is 212 Å². The second kappa shape index (κ2) is 10.6. The Balaban J connectivity index is 1.36. The number of rotatable bonds is 5. The van der Waals surface area contributed by atoms with Gasteiger partial charge in [0.05, 0.1) is 15.7 Å². The lowest BCUT2D eigenvalue weighted by Crippen LogP contribution is -2.48. The maximum absolute atomic E-state index is 12.4. The van der Waals surface area contributed by atoms with Crippen molar-refractivity contribution in [3.05, 3.63) is 75.4 Å². The number of amides is 2. The second-order valence-corrected chi connectivity index (χ2v) is 9.06. The molecule has 34 heavy (non-hydrogen) atoms. The fraction of sp³-hybridized carbons (Fsp3) is 0.200. The molecule has 3 aromatic rings. The number of anilines is 2. The lowest BCUT2D eigenvalue weighted by molar-refractivity contribution is -0.129. The lowest BCUT2D eigenvalue weighted by Gasteiger charge is -2.36. The standard InChI is InChI=1S/C25H22Cl3N3O3/c1-16(32)30-10-12-31(13-11-30)23-7-3-18(15-22(23)28)29-25(33)9-5-19-4-8-24(34-19)20-6-2-17(26)14-21(20)27/h2-9,14-15H,10-13H2,1H3,(H,29,33)/b9-5+. The van der Waals surface area contributed by atoms with E-state index in [1.807, 2.05) is 11.0 Å². The van der Waals surface area contributed by atoms with E-state index in [1.54, 1.807) is 55.5 Å². The number of benzene rings is 2. The van der Waals surface area contributed by atoms with Gasteiger partial charge in [0.1, 0.15) is 11.5 Å². The van der Waals surface area contributed by atoms with Gasteiger partial charge in [0.2, 0.25) is 11.8 Å². The number of carbonyl (C=O) groups excluding carboxylic acids is 2. The minimum Gasteiger partial charge on any atom is -0.457 e. The van der Waals surface area contributed by atoms with Crippen molar-refractivity contribution in [3.63, 3.8) is 0 Å². The van der Waals surface area contributed by atoms with Crippen LogP contribution in [0.25, 0.3) is 17.4 Å². The second-order valence-electron chi connectivity index (χ2n) is 7.81. The third-order valence-electron chi connectivity index (χ3n) is 5.50. The molecule has 0 bridgehead atoms. The van der Waals surface area contributed by atoms with Crippen LogP contribution in [-0.2, 0) is 9.59 Å². The average molecular weight is 519 g/mol. The van der Waals surface area contributed by atoms with Crippen molar-refractivity contribution in [1.82, 2.24) is 4.90 Å². The summed E-state index contributed by atoms with van der Waals surface area (Å²) in [5.41, 5.74) is 2.17. The molecule has 0 radical (unpaired) electrons. The van der Waals surface area contributed by atoms with Crippen LogP contribution >= 0.6 is 34.8 Å². The molecule has 1 N–H and O–H groups in total. The zero-order chi connectivity index (χ0) is 24.2. The predicted molar refractivity (Wildman–Crippen MR) is 138 cm³/mol. The summed E-state index contributed by atoms with van der Waals surface area (Å²) in [7, 11) is 0. The van der Waals surface area contributed by atoms with Crippen LogP contribution < -0.4 is 10.2 Å². The maximum Gasteiger partial charge on any atom is 0.248 e. The van der Waals surface area contributed by atoms with Crippen LogP contribution in [0.4, 0.5) is 11.4 Å². The molecule has 1 fully saturated rings. The molecule has 6 nitrogen and oxygen atoms in total. The van der Waals surface area contributed by atoms with Gasteiger partial charge in [0, 0.05) is 55.5 Å². The first kappa shape index (κ1) is 24.2. The summed E-state index contributed by atoms with van der Waals surface area (Å²) in [4.78, 5) is 27.8. The molecule has 2 aromatic carbocycles. The largest absolute Gasteiger partial charge is 0.457 e. The van der Waals surface area contributed by atoms with E-state index in [2.05, 4.69) is 10.2 Å². The van der Waals surface area contributed by atoms with Gasteiger partial charge in [-0.2, -0.15) is 0 Å². The van der Waals surface area contributed by atoms with Gasteiger partial charge in [-0.15, -0.1) is 0 Å². The molecule has 1 saturated heterocycles. The number of furan rings is 1. The Morgan fingerprint density at radius 1 is 0.941 bits per heavy atom.